The molecule has 0 N–H and O–H groups in total. The summed E-state index contributed by atoms with van der Waals surface area (Å²) in [6, 6.07) is 0. The predicted molar refractivity (Wildman–Crippen MR) is 224 cm³/mol. The van der Waals surface area contributed by atoms with Gasteiger partial charge in [0.1, 0.15) is 11.2 Å². The third-order valence-electron chi connectivity index (χ3n) is 19.2. The van der Waals surface area contributed by atoms with Gasteiger partial charge in [-0.3, -0.25) is 28.8 Å². The van der Waals surface area contributed by atoms with Crippen LogP contribution in [0.25, 0.3) is 0 Å². The Bertz CT molecular complexity index is 1770. The first-order chi connectivity index (χ1) is 27.4. The molecule has 0 bridgehead atoms. The van der Waals surface area contributed by atoms with Crippen LogP contribution in [0.5, 0.6) is 0 Å². The van der Waals surface area contributed by atoms with E-state index in [4.69, 9.17) is 9.47 Å². The summed E-state index contributed by atoms with van der Waals surface area (Å²) < 4.78 is 12.1. The standard InChI is InChI=1S/2C24H32O4S/c2*1-14(25)29-19-13-15-12-16(26)4-8-22(15,2)17-5-9-23(3)18(21(17)19)6-10-24(23)11-7-20(27)28-24/h2*12,17-19,21H,4-11,13H2,1-3H3/t2*17-,18-,19+,21+,22-,23-,24+/m00/s1. The fourth-order valence-electron chi connectivity index (χ4n) is 16.3. The van der Waals surface area contributed by atoms with Gasteiger partial charge in [-0.25, -0.2) is 0 Å². The van der Waals surface area contributed by atoms with Crippen molar-refractivity contribution in [3.05, 3.63) is 23.3 Å². The summed E-state index contributed by atoms with van der Waals surface area (Å²) in [6.07, 6.45) is 20.0. The van der Waals surface area contributed by atoms with E-state index in [0.29, 0.717) is 61.2 Å². The molecule has 0 unspecified atom stereocenters. The third kappa shape index (κ3) is 6.02. The summed E-state index contributed by atoms with van der Waals surface area (Å²) in [5.41, 5.74) is 2.19. The predicted octanol–water partition coefficient (Wildman–Crippen LogP) is 9.70. The number of ketones is 2. The van der Waals surface area contributed by atoms with E-state index in [2.05, 4.69) is 27.7 Å². The molecule has 10 heteroatoms. The minimum atomic E-state index is -0.287. The van der Waals surface area contributed by atoms with Crippen molar-refractivity contribution in [3.8, 4) is 0 Å². The summed E-state index contributed by atoms with van der Waals surface area (Å²) in [5.74, 6) is 3.34. The Morgan fingerprint density at radius 1 is 0.534 bits per heavy atom. The second kappa shape index (κ2) is 14.2. The van der Waals surface area contributed by atoms with Gasteiger partial charge in [0.05, 0.1) is 0 Å². The largest absolute Gasteiger partial charge is 0.458 e. The lowest BCUT2D eigenvalue weighted by Crippen LogP contribution is -2.57. The highest BCUT2D eigenvalue weighted by Crippen LogP contribution is 2.72. The number of allylic oxidation sites excluding steroid dienone is 2. The summed E-state index contributed by atoms with van der Waals surface area (Å²) in [7, 11) is 0. The zero-order valence-corrected chi connectivity index (χ0v) is 37.2. The van der Waals surface area contributed by atoms with Crippen LogP contribution in [-0.2, 0) is 38.2 Å². The highest BCUT2D eigenvalue weighted by molar-refractivity contribution is 8.14. The van der Waals surface area contributed by atoms with E-state index >= 15 is 0 Å². The Morgan fingerprint density at radius 2 is 0.914 bits per heavy atom. The number of esters is 2. The van der Waals surface area contributed by atoms with Gasteiger partial charge in [-0.05, 0) is 148 Å². The van der Waals surface area contributed by atoms with Crippen LogP contribution in [0.15, 0.2) is 23.3 Å². The minimum absolute atomic E-state index is 0.0119. The Morgan fingerprint density at radius 3 is 1.26 bits per heavy atom. The minimum Gasteiger partial charge on any atom is -0.458 e. The van der Waals surface area contributed by atoms with Gasteiger partial charge in [0.15, 0.2) is 21.8 Å². The Balaban J connectivity index is 0.000000150. The topological polar surface area (TPSA) is 121 Å². The number of rotatable bonds is 2. The molecule has 2 heterocycles. The maximum Gasteiger partial charge on any atom is 0.306 e. The van der Waals surface area contributed by atoms with Crippen LogP contribution in [0, 0.1) is 57.2 Å². The van der Waals surface area contributed by atoms with Crippen LogP contribution in [0.3, 0.4) is 0 Å². The lowest BCUT2D eigenvalue weighted by atomic mass is 9.46. The molecule has 10 aliphatic rings. The Hall–Kier alpha value is -2.20. The molecule has 0 aromatic heterocycles. The number of hydrogen-bond donors (Lipinski definition) is 0. The van der Waals surface area contributed by atoms with Crippen molar-refractivity contribution in [3.63, 3.8) is 0 Å². The fraction of sp³-hybridized carbons (Fsp3) is 0.792. The van der Waals surface area contributed by atoms with E-state index in [0.717, 1.165) is 89.9 Å². The zero-order valence-electron chi connectivity index (χ0n) is 35.6. The lowest BCUT2D eigenvalue weighted by molar-refractivity contribution is -0.168. The molecule has 2 spiro atoms. The molecule has 14 atom stereocenters. The van der Waals surface area contributed by atoms with Crippen LogP contribution in [0.4, 0.5) is 0 Å². The molecule has 0 amide bonds. The molecule has 8 nitrogen and oxygen atoms in total. The van der Waals surface area contributed by atoms with Gasteiger partial charge in [-0.2, -0.15) is 0 Å². The average molecular weight is 833 g/mol. The number of thioether (sulfide) groups is 2. The lowest BCUT2D eigenvalue weighted by Gasteiger charge is -2.61. The molecule has 0 aromatic carbocycles. The quantitative estimate of drug-likeness (QED) is 0.249. The molecule has 6 saturated carbocycles. The fourth-order valence-corrected chi connectivity index (χ4v) is 18.7. The molecule has 316 valence electrons. The number of ether oxygens (including phenoxy) is 2. The van der Waals surface area contributed by atoms with Gasteiger partial charge in [0.2, 0.25) is 0 Å². The first-order valence-corrected chi connectivity index (χ1v) is 24.4. The average Bonchev–Trinajstić information content (AvgIpc) is 3.90. The zero-order chi connectivity index (χ0) is 41.2. The molecule has 2 aliphatic heterocycles. The Kier molecular flexibility index (Phi) is 10.1. The van der Waals surface area contributed by atoms with Crippen LogP contribution >= 0.6 is 23.5 Å². The van der Waals surface area contributed by atoms with Gasteiger partial charge < -0.3 is 9.47 Å². The summed E-state index contributed by atoms with van der Waals surface area (Å²) in [4.78, 5) is 72.8. The maximum absolute atomic E-state index is 12.2. The van der Waals surface area contributed by atoms with E-state index in [1.165, 1.54) is 34.7 Å². The summed E-state index contributed by atoms with van der Waals surface area (Å²) in [6.45, 7) is 12.8. The smallest absolute Gasteiger partial charge is 0.306 e. The molecule has 10 rings (SSSR count). The van der Waals surface area contributed by atoms with E-state index < -0.39 is 0 Å². The highest BCUT2D eigenvalue weighted by atomic mass is 32.2. The van der Waals surface area contributed by atoms with Gasteiger partial charge >= 0.3 is 11.9 Å². The van der Waals surface area contributed by atoms with Crippen molar-refractivity contribution < 1.29 is 38.2 Å². The van der Waals surface area contributed by atoms with Crippen molar-refractivity contribution in [1.29, 1.82) is 0 Å². The van der Waals surface area contributed by atoms with Crippen LogP contribution in [0.2, 0.25) is 0 Å². The molecule has 0 aromatic rings. The van der Waals surface area contributed by atoms with Gasteiger partial charge in [0.25, 0.3) is 0 Å². The first kappa shape index (κ1) is 41.2. The molecule has 58 heavy (non-hydrogen) atoms. The molecular formula is C48H64O8S2. The molecule has 8 aliphatic carbocycles. The molecule has 2 saturated heterocycles. The van der Waals surface area contributed by atoms with E-state index in [9.17, 15) is 28.8 Å². The van der Waals surface area contributed by atoms with Crippen molar-refractivity contribution in [2.75, 3.05) is 0 Å². The van der Waals surface area contributed by atoms with Crippen molar-refractivity contribution in [2.45, 2.75) is 179 Å². The van der Waals surface area contributed by atoms with Crippen molar-refractivity contribution >= 4 is 57.3 Å². The van der Waals surface area contributed by atoms with E-state index in [1.54, 1.807) is 13.8 Å². The van der Waals surface area contributed by atoms with Gasteiger partial charge in [-0.1, -0.05) is 62.4 Å². The normalized spacial score (nSPS) is 48.6. The third-order valence-corrected chi connectivity index (χ3v) is 21.5. The number of fused-ring (bicyclic) bond motifs is 12. The Labute approximate surface area is 353 Å². The summed E-state index contributed by atoms with van der Waals surface area (Å²) in [5, 5.41) is 0.818. The van der Waals surface area contributed by atoms with Crippen LogP contribution < -0.4 is 0 Å². The monoisotopic (exact) mass is 832 g/mol. The number of hydrogen-bond acceptors (Lipinski definition) is 10. The SMILES string of the molecule is CC(=O)S[C@@H]1CC2=CC(=O)CC[C@]2(C)[C@H]2CC[C@@]3(C)[C@@H](CC[C@@]34CCC(=O)O4)[C@H]12.CC(=O)S[C@@H]1CC2=CC(=O)CC[C@]2(C)[C@H]2CC[C@@]3(C)[C@@H](CC[C@@]34CCC(=O)O4)[C@H]12. The molecular weight excluding hydrogens is 769 g/mol. The van der Waals surface area contributed by atoms with Crippen molar-refractivity contribution in [2.24, 2.45) is 57.2 Å². The van der Waals surface area contributed by atoms with E-state index in [1.807, 2.05) is 12.2 Å². The second-order valence-corrected chi connectivity index (χ2v) is 24.1. The number of carbonyl (C=O) groups excluding carboxylic acids is 6. The van der Waals surface area contributed by atoms with Crippen LogP contribution in [-0.4, -0.2) is 55.4 Å². The van der Waals surface area contributed by atoms with Gasteiger partial charge in [0, 0.05) is 60.9 Å². The van der Waals surface area contributed by atoms with E-state index in [-0.39, 0.29) is 77.1 Å². The summed E-state index contributed by atoms with van der Waals surface area (Å²) >= 11 is 2.99. The van der Waals surface area contributed by atoms with Crippen LogP contribution in [0.1, 0.15) is 157 Å². The second-order valence-electron chi connectivity index (χ2n) is 21.3. The highest BCUT2D eigenvalue weighted by Gasteiger charge is 2.70. The maximum atomic E-state index is 12.2. The molecule has 0 radical (unpaired) electrons. The first-order valence-electron chi connectivity index (χ1n) is 22.6. The van der Waals surface area contributed by atoms with Crippen molar-refractivity contribution in [1.82, 2.24) is 0 Å². The number of carbonyl (C=O) groups is 6. The molecule has 8 fully saturated rings. The van der Waals surface area contributed by atoms with Gasteiger partial charge in [-0.15, -0.1) is 0 Å².